The van der Waals surface area contributed by atoms with Crippen LogP contribution in [0.4, 0.5) is 0 Å². The van der Waals surface area contributed by atoms with Crippen LogP contribution in [0.15, 0.2) is 0 Å². The van der Waals surface area contributed by atoms with E-state index in [1.165, 1.54) is 32.1 Å². The molecule has 3 rings (SSSR count). The average Bonchev–Trinajstić information content (AvgIpc) is 2.99. The molecule has 23 heavy (non-hydrogen) atoms. The van der Waals surface area contributed by atoms with E-state index in [0.29, 0.717) is 24.2 Å². The van der Waals surface area contributed by atoms with Crippen LogP contribution in [0.2, 0.25) is 0 Å². The first-order chi connectivity index (χ1) is 11.2. The second kappa shape index (κ2) is 7.45. The molecule has 0 saturated heterocycles. The highest BCUT2D eigenvalue weighted by Crippen LogP contribution is 2.28. The molecule has 3 N–H and O–H groups in total. The van der Waals surface area contributed by atoms with Gasteiger partial charge in [-0.1, -0.05) is 19.3 Å². The molecule has 1 aromatic rings. The van der Waals surface area contributed by atoms with E-state index in [1.54, 1.807) is 0 Å². The Morgan fingerprint density at radius 2 is 2.13 bits per heavy atom. The van der Waals surface area contributed by atoms with Gasteiger partial charge < -0.3 is 15.5 Å². The number of aromatic nitrogens is 2. The zero-order chi connectivity index (χ0) is 16.2. The number of H-pyrrole nitrogens is 1. The highest BCUT2D eigenvalue weighted by molar-refractivity contribution is 5.94. The summed E-state index contributed by atoms with van der Waals surface area (Å²) in [7, 11) is 4.23. The van der Waals surface area contributed by atoms with Crippen molar-refractivity contribution in [3.63, 3.8) is 0 Å². The summed E-state index contributed by atoms with van der Waals surface area (Å²) >= 11 is 0. The minimum absolute atomic E-state index is 0.0474. The third-order valence-electron chi connectivity index (χ3n) is 5.35. The lowest BCUT2D eigenvalue weighted by atomic mass is 9.83. The van der Waals surface area contributed by atoms with E-state index in [4.69, 9.17) is 0 Å². The van der Waals surface area contributed by atoms with Crippen molar-refractivity contribution in [2.24, 2.45) is 5.92 Å². The number of fused-ring (bicyclic) bond motifs is 1. The Bertz CT molecular complexity index is 533. The molecule has 1 aliphatic carbocycles. The summed E-state index contributed by atoms with van der Waals surface area (Å²) in [5.74, 6) is 0.641. The van der Waals surface area contributed by atoms with Gasteiger partial charge in [0.25, 0.3) is 5.91 Å². The van der Waals surface area contributed by atoms with E-state index >= 15 is 0 Å². The van der Waals surface area contributed by atoms with Crippen molar-refractivity contribution in [2.75, 3.05) is 27.2 Å². The van der Waals surface area contributed by atoms with Crippen molar-refractivity contribution in [1.82, 2.24) is 25.7 Å². The van der Waals surface area contributed by atoms with Crippen molar-refractivity contribution >= 4 is 5.91 Å². The summed E-state index contributed by atoms with van der Waals surface area (Å²) in [6, 6.07) is 0.409. The number of carbonyl (C=O) groups excluding carboxylic acids is 1. The zero-order valence-corrected chi connectivity index (χ0v) is 14.3. The molecule has 1 fully saturated rings. The Morgan fingerprint density at radius 1 is 1.35 bits per heavy atom. The predicted molar refractivity (Wildman–Crippen MR) is 90.4 cm³/mol. The summed E-state index contributed by atoms with van der Waals surface area (Å²) in [5.41, 5.74) is 2.70. The minimum atomic E-state index is -0.0474. The molecule has 0 bridgehead atoms. The van der Waals surface area contributed by atoms with Crippen LogP contribution in [0.1, 0.15) is 53.8 Å². The van der Waals surface area contributed by atoms with Gasteiger partial charge in [0.2, 0.25) is 0 Å². The number of amides is 1. The molecule has 1 saturated carbocycles. The smallest absolute Gasteiger partial charge is 0.272 e. The summed E-state index contributed by atoms with van der Waals surface area (Å²) in [5, 5.41) is 13.7. The fraction of sp³-hybridized carbons (Fsp3) is 0.765. The third-order valence-corrected chi connectivity index (χ3v) is 5.35. The summed E-state index contributed by atoms with van der Waals surface area (Å²) < 4.78 is 0. The van der Waals surface area contributed by atoms with Crippen molar-refractivity contribution in [1.29, 1.82) is 0 Å². The maximum absolute atomic E-state index is 12.5. The Hall–Kier alpha value is -1.40. The number of aromatic amines is 1. The lowest BCUT2D eigenvalue weighted by Crippen LogP contribution is -2.45. The molecule has 0 aromatic carbocycles. The molecule has 2 aliphatic rings. The number of carbonyl (C=O) groups is 1. The first-order valence-corrected chi connectivity index (χ1v) is 8.88. The topological polar surface area (TPSA) is 73.0 Å². The fourth-order valence-electron chi connectivity index (χ4n) is 3.98. The van der Waals surface area contributed by atoms with Gasteiger partial charge >= 0.3 is 0 Å². The van der Waals surface area contributed by atoms with E-state index in [-0.39, 0.29) is 5.91 Å². The highest BCUT2D eigenvalue weighted by Gasteiger charge is 2.27. The van der Waals surface area contributed by atoms with Crippen molar-refractivity contribution in [3.05, 3.63) is 17.0 Å². The van der Waals surface area contributed by atoms with Gasteiger partial charge in [-0.2, -0.15) is 5.10 Å². The molecule has 6 nitrogen and oxygen atoms in total. The van der Waals surface area contributed by atoms with Crippen molar-refractivity contribution < 1.29 is 4.79 Å². The standard InChI is InChI=1S/C17H29N5O/c1-22(2)15(12-6-4-3-5-7-12)11-19-17(23)16-13-10-18-9-8-14(13)20-21-16/h12,15,18H,3-11H2,1-2H3,(H,19,23)(H,20,21). The van der Waals surface area contributed by atoms with E-state index in [1.807, 2.05) is 0 Å². The average molecular weight is 319 g/mol. The number of hydrogen-bond acceptors (Lipinski definition) is 4. The van der Waals surface area contributed by atoms with Gasteiger partial charge in [-0.15, -0.1) is 0 Å². The van der Waals surface area contributed by atoms with Crippen LogP contribution >= 0.6 is 0 Å². The SMILES string of the molecule is CN(C)C(CNC(=O)c1n[nH]c2c1CNCC2)C1CCCCC1. The molecule has 0 radical (unpaired) electrons. The Labute approximate surface area is 138 Å². The van der Waals surface area contributed by atoms with Crippen LogP contribution in [0.25, 0.3) is 0 Å². The normalized spacial score (nSPS) is 20.3. The van der Waals surface area contributed by atoms with E-state index in [0.717, 1.165) is 30.8 Å². The minimum Gasteiger partial charge on any atom is -0.349 e. The Kier molecular flexibility index (Phi) is 5.33. The van der Waals surface area contributed by atoms with Crippen LogP contribution in [0, 0.1) is 5.92 Å². The molecule has 6 heteroatoms. The van der Waals surface area contributed by atoms with Gasteiger partial charge in [-0.05, 0) is 32.9 Å². The van der Waals surface area contributed by atoms with Gasteiger partial charge in [-0.25, -0.2) is 0 Å². The zero-order valence-electron chi connectivity index (χ0n) is 14.3. The molecule has 128 valence electrons. The number of nitrogens with one attached hydrogen (secondary N) is 3. The molecule has 1 amide bonds. The molecular weight excluding hydrogens is 290 g/mol. The molecular formula is C17H29N5O. The molecule has 1 aliphatic heterocycles. The predicted octanol–water partition coefficient (Wildman–Crippen LogP) is 1.30. The van der Waals surface area contributed by atoms with Gasteiger partial charge in [-0.3, -0.25) is 9.89 Å². The van der Waals surface area contributed by atoms with Crippen LogP contribution in [-0.4, -0.2) is 54.2 Å². The second-order valence-electron chi connectivity index (χ2n) is 7.10. The van der Waals surface area contributed by atoms with Crippen LogP contribution < -0.4 is 10.6 Å². The number of rotatable bonds is 5. The monoisotopic (exact) mass is 319 g/mol. The van der Waals surface area contributed by atoms with Crippen LogP contribution in [-0.2, 0) is 13.0 Å². The lowest BCUT2D eigenvalue weighted by molar-refractivity contribution is 0.0915. The van der Waals surface area contributed by atoms with E-state index < -0.39 is 0 Å². The Balaban J connectivity index is 1.61. The number of hydrogen-bond donors (Lipinski definition) is 3. The molecule has 2 heterocycles. The third kappa shape index (κ3) is 3.75. The maximum Gasteiger partial charge on any atom is 0.272 e. The summed E-state index contributed by atoms with van der Waals surface area (Å²) in [4.78, 5) is 14.8. The first kappa shape index (κ1) is 16.5. The lowest BCUT2D eigenvalue weighted by Gasteiger charge is -2.34. The second-order valence-corrected chi connectivity index (χ2v) is 7.10. The van der Waals surface area contributed by atoms with Crippen molar-refractivity contribution in [3.8, 4) is 0 Å². The van der Waals surface area contributed by atoms with E-state index in [9.17, 15) is 4.79 Å². The van der Waals surface area contributed by atoms with Gasteiger partial charge in [0.05, 0.1) is 0 Å². The molecule has 0 spiro atoms. The van der Waals surface area contributed by atoms with Gasteiger partial charge in [0, 0.05) is 43.4 Å². The largest absolute Gasteiger partial charge is 0.349 e. The summed E-state index contributed by atoms with van der Waals surface area (Å²) in [6.07, 6.45) is 7.47. The fourth-order valence-corrected chi connectivity index (χ4v) is 3.98. The Morgan fingerprint density at radius 3 is 2.87 bits per heavy atom. The molecule has 1 unspecified atom stereocenters. The molecule has 1 aromatic heterocycles. The highest BCUT2D eigenvalue weighted by atomic mass is 16.1. The number of nitrogens with zero attached hydrogens (tertiary/aromatic N) is 2. The van der Waals surface area contributed by atoms with E-state index in [2.05, 4.69) is 39.8 Å². The quantitative estimate of drug-likeness (QED) is 0.765. The van der Waals surface area contributed by atoms with Crippen molar-refractivity contribution in [2.45, 2.75) is 51.1 Å². The number of likely N-dealkylation sites (N-methyl/N-ethyl adjacent to an activating group) is 1. The molecule has 1 atom stereocenters. The van der Waals surface area contributed by atoms with Gasteiger partial charge in [0.1, 0.15) is 0 Å². The summed E-state index contributed by atoms with van der Waals surface area (Å²) in [6.45, 7) is 2.38. The van der Waals surface area contributed by atoms with Gasteiger partial charge in [0.15, 0.2) is 5.69 Å². The van der Waals surface area contributed by atoms with Crippen LogP contribution in [0.5, 0.6) is 0 Å². The van der Waals surface area contributed by atoms with Crippen LogP contribution in [0.3, 0.4) is 0 Å². The first-order valence-electron chi connectivity index (χ1n) is 8.88. The maximum atomic E-state index is 12.5.